The number of hydrogen-bond donors (Lipinski definition) is 0. The zero-order chi connectivity index (χ0) is 27.8. The van der Waals surface area contributed by atoms with Gasteiger partial charge in [0.25, 0.3) is 0 Å². The van der Waals surface area contributed by atoms with Gasteiger partial charge in [0.05, 0.1) is 0 Å². The zero-order valence-corrected chi connectivity index (χ0v) is 24.2. The largest absolute Gasteiger partial charge is 0.203 e. The molecular weight excluding hydrogens is 496 g/mol. The van der Waals surface area contributed by atoms with E-state index in [2.05, 4.69) is 13.8 Å². The van der Waals surface area contributed by atoms with E-state index in [0.29, 0.717) is 53.9 Å². The molecule has 0 bridgehead atoms. The summed E-state index contributed by atoms with van der Waals surface area (Å²) in [7, 11) is 0. The first-order chi connectivity index (χ1) is 18.9. The minimum atomic E-state index is -0.807. The van der Waals surface area contributed by atoms with Crippen LogP contribution in [0.15, 0.2) is 18.2 Å². The van der Waals surface area contributed by atoms with Crippen LogP contribution in [-0.2, 0) is 25.7 Å². The van der Waals surface area contributed by atoms with Crippen LogP contribution in [0.2, 0.25) is 0 Å². The molecule has 4 heteroatoms. The molecule has 0 radical (unpaired) electrons. The Hall–Kier alpha value is -1.84. The monoisotopic (exact) mass is 544 g/mol. The quantitative estimate of drug-likeness (QED) is 0.146. The normalized spacial score (nSPS) is 17.8. The van der Waals surface area contributed by atoms with Crippen molar-refractivity contribution in [1.82, 2.24) is 0 Å². The van der Waals surface area contributed by atoms with Crippen molar-refractivity contribution in [3.05, 3.63) is 69.3 Å². The molecule has 2 aliphatic carbocycles. The average Bonchev–Trinajstić information content (AvgIpc) is 3.76. The van der Waals surface area contributed by atoms with E-state index in [1.54, 1.807) is 12.1 Å². The summed E-state index contributed by atoms with van der Waals surface area (Å²) in [6, 6.07) is 5.21. The van der Waals surface area contributed by atoms with Crippen LogP contribution in [0.4, 0.5) is 17.6 Å². The summed E-state index contributed by atoms with van der Waals surface area (Å²) in [4.78, 5) is 0. The SMILES string of the molecule is CCCCC(C)Cc1cc2c(c(F)c1F)CC(c1ccc(CCCCCCCCCC3CC3)c(F)c1F)CC2. The minimum absolute atomic E-state index is 0.208. The van der Waals surface area contributed by atoms with Gasteiger partial charge in [-0.2, -0.15) is 0 Å². The van der Waals surface area contributed by atoms with E-state index in [-0.39, 0.29) is 12.3 Å². The maximum absolute atomic E-state index is 15.2. The first-order valence-corrected chi connectivity index (χ1v) is 15.8. The molecule has 2 aromatic carbocycles. The fourth-order valence-electron chi connectivity index (χ4n) is 6.49. The van der Waals surface area contributed by atoms with Crippen molar-refractivity contribution in [2.45, 2.75) is 135 Å². The molecule has 0 saturated heterocycles. The van der Waals surface area contributed by atoms with Crippen molar-refractivity contribution < 1.29 is 17.6 Å². The Morgan fingerprint density at radius 2 is 1.46 bits per heavy atom. The number of rotatable bonds is 16. The van der Waals surface area contributed by atoms with E-state index >= 15 is 8.78 Å². The second-order valence-corrected chi connectivity index (χ2v) is 12.6. The maximum atomic E-state index is 15.2. The lowest BCUT2D eigenvalue weighted by molar-refractivity contribution is 0.439. The Bertz CT molecular complexity index is 1070. The van der Waals surface area contributed by atoms with Crippen molar-refractivity contribution in [2.75, 3.05) is 0 Å². The maximum Gasteiger partial charge on any atom is 0.162 e. The molecular formula is C35H48F4. The molecule has 1 fully saturated rings. The first-order valence-electron chi connectivity index (χ1n) is 15.8. The first kappa shape index (κ1) is 30.1. The molecule has 0 amide bonds. The standard InChI is InChI=1S/C35H48F4/c1-3-4-12-24(2)21-29-22-27-17-18-28(23-31(27)35(39)33(29)37)30-20-19-26(32(36)34(30)38)14-11-9-7-5-6-8-10-13-25-15-16-25/h19-20,22,24-25,28H,3-18,21,23H2,1-2H3. The van der Waals surface area contributed by atoms with E-state index < -0.39 is 23.3 Å². The molecule has 2 atom stereocenters. The topological polar surface area (TPSA) is 0 Å². The second kappa shape index (κ2) is 14.7. The van der Waals surface area contributed by atoms with E-state index in [1.165, 1.54) is 44.9 Å². The lowest BCUT2D eigenvalue weighted by atomic mass is 9.78. The molecule has 0 aromatic heterocycles. The molecule has 39 heavy (non-hydrogen) atoms. The van der Waals surface area contributed by atoms with Gasteiger partial charge in [0.1, 0.15) is 0 Å². The summed E-state index contributed by atoms with van der Waals surface area (Å²) in [5, 5.41) is 0. The summed E-state index contributed by atoms with van der Waals surface area (Å²) < 4.78 is 60.3. The predicted octanol–water partition coefficient (Wildman–Crippen LogP) is 11.0. The van der Waals surface area contributed by atoms with E-state index in [9.17, 15) is 8.78 Å². The van der Waals surface area contributed by atoms with E-state index in [4.69, 9.17) is 0 Å². The average molecular weight is 545 g/mol. The number of halogens is 4. The summed E-state index contributed by atoms with van der Waals surface area (Å²) in [6.07, 6.45) is 18.1. The van der Waals surface area contributed by atoms with E-state index in [1.807, 2.05) is 6.07 Å². The highest BCUT2D eigenvalue weighted by atomic mass is 19.2. The fraction of sp³-hybridized carbons (Fsp3) is 0.657. The molecule has 0 spiro atoms. The van der Waals surface area contributed by atoms with Crippen molar-refractivity contribution >= 4 is 0 Å². The van der Waals surface area contributed by atoms with Gasteiger partial charge in [-0.15, -0.1) is 0 Å². The fourth-order valence-corrected chi connectivity index (χ4v) is 6.49. The third-order valence-electron chi connectivity index (χ3n) is 9.19. The molecule has 216 valence electrons. The van der Waals surface area contributed by atoms with Crippen molar-refractivity contribution in [2.24, 2.45) is 11.8 Å². The van der Waals surface area contributed by atoms with Crippen molar-refractivity contribution in [3.8, 4) is 0 Å². The Balaban J connectivity index is 1.29. The highest BCUT2D eigenvalue weighted by molar-refractivity contribution is 5.40. The van der Waals surface area contributed by atoms with Crippen molar-refractivity contribution in [1.29, 1.82) is 0 Å². The third kappa shape index (κ3) is 8.33. The van der Waals surface area contributed by atoms with Gasteiger partial charge in [-0.3, -0.25) is 0 Å². The molecule has 2 aliphatic rings. The molecule has 1 saturated carbocycles. The molecule has 4 rings (SSSR count). The van der Waals surface area contributed by atoms with Crippen LogP contribution in [0.25, 0.3) is 0 Å². The van der Waals surface area contributed by atoms with Crippen LogP contribution in [0.5, 0.6) is 0 Å². The van der Waals surface area contributed by atoms with Gasteiger partial charge in [0.2, 0.25) is 0 Å². The smallest absolute Gasteiger partial charge is 0.162 e. The highest BCUT2D eigenvalue weighted by Gasteiger charge is 2.29. The molecule has 0 nitrogen and oxygen atoms in total. The number of hydrogen-bond acceptors (Lipinski definition) is 0. The van der Waals surface area contributed by atoms with Gasteiger partial charge in [-0.25, -0.2) is 17.6 Å². The molecule has 2 aromatic rings. The van der Waals surface area contributed by atoms with Gasteiger partial charge in [0.15, 0.2) is 23.3 Å². The van der Waals surface area contributed by atoms with Gasteiger partial charge >= 0.3 is 0 Å². The van der Waals surface area contributed by atoms with Crippen LogP contribution >= 0.6 is 0 Å². The van der Waals surface area contributed by atoms with Crippen LogP contribution in [0.1, 0.15) is 137 Å². The Morgan fingerprint density at radius 1 is 0.769 bits per heavy atom. The number of fused-ring (bicyclic) bond motifs is 1. The van der Waals surface area contributed by atoms with E-state index in [0.717, 1.165) is 50.0 Å². The number of aryl methyl sites for hydroxylation is 2. The Kier molecular flexibility index (Phi) is 11.3. The van der Waals surface area contributed by atoms with Crippen molar-refractivity contribution in [3.63, 3.8) is 0 Å². The number of benzene rings is 2. The van der Waals surface area contributed by atoms with Gasteiger partial charge in [-0.05, 0) is 84.1 Å². The molecule has 0 aliphatic heterocycles. The van der Waals surface area contributed by atoms with Crippen LogP contribution in [0, 0.1) is 35.1 Å². The minimum Gasteiger partial charge on any atom is -0.203 e. The molecule has 2 unspecified atom stereocenters. The summed E-state index contributed by atoms with van der Waals surface area (Å²) >= 11 is 0. The van der Waals surface area contributed by atoms with Crippen LogP contribution in [-0.4, -0.2) is 0 Å². The lowest BCUT2D eigenvalue weighted by Gasteiger charge is -2.27. The van der Waals surface area contributed by atoms with Gasteiger partial charge in [0, 0.05) is 0 Å². The lowest BCUT2D eigenvalue weighted by Crippen LogP contribution is -2.18. The Labute approximate surface area is 234 Å². The third-order valence-corrected chi connectivity index (χ3v) is 9.19. The predicted molar refractivity (Wildman–Crippen MR) is 153 cm³/mol. The number of unbranched alkanes of at least 4 members (excludes halogenated alkanes) is 7. The molecule has 0 heterocycles. The summed E-state index contributed by atoms with van der Waals surface area (Å²) in [5.41, 5.74) is 2.33. The summed E-state index contributed by atoms with van der Waals surface area (Å²) in [5.74, 6) is -2.16. The van der Waals surface area contributed by atoms with Gasteiger partial charge in [-0.1, -0.05) is 109 Å². The summed E-state index contributed by atoms with van der Waals surface area (Å²) in [6.45, 7) is 4.21. The second-order valence-electron chi connectivity index (χ2n) is 12.6. The van der Waals surface area contributed by atoms with Crippen LogP contribution in [0.3, 0.4) is 0 Å². The van der Waals surface area contributed by atoms with Gasteiger partial charge < -0.3 is 0 Å². The molecule has 0 N–H and O–H groups in total. The Morgan fingerprint density at radius 3 is 2.18 bits per heavy atom. The zero-order valence-electron chi connectivity index (χ0n) is 24.2. The van der Waals surface area contributed by atoms with Crippen LogP contribution < -0.4 is 0 Å². The highest BCUT2D eigenvalue weighted by Crippen LogP contribution is 2.38.